The van der Waals surface area contributed by atoms with Gasteiger partial charge in [-0.05, 0) is 42.3 Å². The number of nitrogen functional groups attached to an aromatic ring is 1. The number of rotatable bonds is 2. The Morgan fingerprint density at radius 3 is 1.82 bits per heavy atom. The molecule has 0 amide bonds. The summed E-state index contributed by atoms with van der Waals surface area (Å²) >= 11 is 0. The second kappa shape index (κ2) is 4.30. The molecule has 2 nitrogen and oxygen atoms in total. The fourth-order valence-electron chi connectivity index (χ4n) is 1.51. The molecule has 0 aliphatic rings. The van der Waals surface area contributed by atoms with E-state index in [4.69, 9.17) is 13.6 Å². The van der Waals surface area contributed by atoms with Crippen molar-refractivity contribution in [1.82, 2.24) is 0 Å². The summed E-state index contributed by atoms with van der Waals surface area (Å²) in [5.74, 6) is 3.82. The third-order valence-electron chi connectivity index (χ3n) is 2.52. The van der Waals surface area contributed by atoms with E-state index < -0.39 is 9.52 Å². The van der Waals surface area contributed by atoms with Crippen molar-refractivity contribution >= 4 is 34.4 Å². The molecule has 0 aliphatic heterocycles. The van der Waals surface area contributed by atoms with Crippen LogP contribution in [0.5, 0.6) is 0 Å². The molecule has 0 saturated carbocycles. The molecule has 1 atom stereocenters. The van der Waals surface area contributed by atoms with E-state index in [2.05, 4.69) is 5.87 Å². The van der Waals surface area contributed by atoms with Gasteiger partial charge in [-0.3, -0.25) is 4.21 Å². The summed E-state index contributed by atoms with van der Waals surface area (Å²) in [4.78, 5) is 1.33. The van der Waals surface area contributed by atoms with Crippen LogP contribution in [0.2, 0.25) is 0 Å². The molecule has 1 unspecified atom stereocenters. The Labute approximate surface area is 103 Å². The number of nitrogens with two attached hydrogens (primary N) is 1. The largest absolute Gasteiger partial charge is 0.399 e. The van der Waals surface area contributed by atoms with E-state index in [0.717, 1.165) is 0 Å². The minimum Gasteiger partial charge on any atom is -0.399 e. The van der Waals surface area contributed by atoms with E-state index in [1.165, 1.54) is 0 Å². The molecule has 0 bridgehead atoms. The van der Waals surface area contributed by atoms with Crippen LogP contribution >= 0.6 is 0 Å². The monoisotopic (exact) mass is 241 g/mol. The molecule has 0 saturated heterocycles. The molecular weight excluding hydrogens is 229 g/mol. The molecule has 2 aromatic rings. The Kier molecular flexibility index (Phi) is 2.98. The zero-order valence-electron chi connectivity index (χ0n) is 9.30. The van der Waals surface area contributed by atoms with Gasteiger partial charge in [-0.1, -0.05) is 17.6 Å². The van der Waals surface area contributed by atoms with Crippen LogP contribution in [0.15, 0.2) is 58.3 Å². The summed E-state index contributed by atoms with van der Waals surface area (Å²) in [7, 11) is 3.12. The van der Waals surface area contributed by atoms with Gasteiger partial charge in [-0.25, -0.2) is 0 Å². The first-order chi connectivity index (χ1) is 8.00. The highest BCUT2D eigenvalue weighted by molar-refractivity contribution is 8.00. The molecule has 17 heavy (non-hydrogen) atoms. The van der Waals surface area contributed by atoms with E-state index >= 15 is 0 Å². The van der Waals surface area contributed by atoms with Gasteiger partial charge in [0.2, 0.25) is 0 Å². The first-order valence-corrected chi connectivity index (χ1v) is 6.81. The minimum atomic E-state index is -2.48. The third kappa shape index (κ3) is 2.37. The number of hydrogen-bond donors (Lipinski definition) is 1. The summed E-state index contributed by atoms with van der Waals surface area (Å²) in [6, 6.07) is 13.8. The first kappa shape index (κ1) is 11.8. The predicted octanol–water partition coefficient (Wildman–Crippen LogP) is 1.20. The van der Waals surface area contributed by atoms with Crippen molar-refractivity contribution in [3.8, 4) is 0 Å². The summed E-state index contributed by atoms with van der Waals surface area (Å²) in [5.41, 5.74) is 6.88. The molecule has 0 aliphatic carbocycles. The molecule has 2 aromatic carbocycles. The first-order valence-electron chi connectivity index (χ1n) is 5.08. The topological polar surface area (TPSA) is 43.1 Å². The number of anilines is 1. The highest BCUT2D eigenvalue weighted by Gasteiger charge is 2.10. The third-order valence-corrected chi connectivity index (χ3v) is 4.59. The van der Waals surface area contributed by atoms with E-state index in [-0.39, 0.29) is 0 Å². The smallest absolute Gasteiger partial charge is 0.113 e. The molecule has 2 rings (SSSR count). The maximum Gasteiger partial charge on any atom is 0.113 e. The molecule has 2 radical (unpaired) electrons. The van der Waals surface area contributed by atoms with Crippen LogP contribution in [-0.4, -0.2) is 17.9 Å². The van der Waals surface area contributed by atoms with Crippen molar-refractivity contribution in [2.75, 3.05) is 5.73 Å². The van der Waals surface area contributed by atoms with Gasteiger partial charge in [0.25, 0.3) is 0 Å². The SMILES string of the molecule is [B]c1ccc(S(=C)(=O)c2ccc(N)cc2)cc1. The van der Waals surface area contributed by atoms with Crippen LogP contribution in [0.1, 0.15) is 0 Å². The van der Waals surface area contributed by atoms with E-state index in [1.807, 2.05) is 0 Å². The predicted molar refractivity (Wildman–Crippen MR) is 74.5 cm³/mol. The van der Waals surface area contributed by atoms with Crippen LogP contribution in [0, 0.1) is 0 Å². The van der Waals surface area contributed by atoms with Crippen LogP contribution in [0.3, 0.4) is 0 Å². The molecule has 4 heteroatoms. The number of benzene rings is 2. The molecule has 0 aromatic heterocycles. The standard InChI is InChI=1S/C13H12BNOS/c1-17(16,12-6-2-10(14)3-7-12)13-8-4-11(15)5-9-13/h2-9H,1,15H2. The van der Waals surface area contributed by atoms with Gasteiger partial charge in [0.1, 0.15) is 7.85 Å². The van der Waals surface area contributed by atoms with Gasteiger partial charge in [-0.15, -0.1) is 0 Å². The normalized spacial score (nSPS) is 14.1. The lowest BCUT2D eigenvalue weighted by atomic mass is 9.97. The van der Waals surface area contributed by atoms with E-state index in [1.54, 1.807) is 48.5 Å². The molecule has 0 heterocycles. The van der Waals surface area contributed by atoms with Gasteiger partial charge in [0.15, 0.2) is 0 Å². The Hall–Kier alpha value is -1.68. The zero-order chi connectivity index (χ0) is 12.5. The Bertz CT molecular complexity index is 564. The highest BCUT2D eigenvalue weighted by Crippen LogP contribution is 2.20. The van der Waals surface area contributed by atoms with E-state index in [9.17, 15) is 4.21 Å². The minimum absolute atomic E-state index is 0.640. The maximum absolute atomic E-state index is 12.6. The highest BCUT2D eigenvalue weighted by atomic mass is 32.2. The van der Waals surface area contributed by atoms with Crippen molar-refractivity contribution in [3.05, 3.63) is 48.5 Å². The lowest BCUT2D eigenvalue weighted by Crippen LogP contribution is -2.05. The second-order valence-corrected chi connectivity index (χ2v) is 6.11. The van der Waals surface area contributed by atoms with Crippen molar-refractivity contribution in [1.29, 1.82) is 0 Å². The number of hydrogen-bond acceptors (Lipinski definition) is 2. The summed E-state index contributed by atoms with van der Waals surface area (Å²) in [6.45, 7) is 0. The second-order valence-electron chi connectivity index (χ2n) is 3.81. The maximum atomic E-state index is 12.6. The molecule has 0 spiro atoms. The van der Waals surface area contributed by atoms with Crippen LogP contribution in [0.25, 0.3) is 0 Å². The average Bonchev–Trinajstić information content (AvgIpc) is 2.30. The van der Waals surface area contributed by atoms with Gasteiger partial charge in [-0.2, -0.15) is 0 Å². The van der Waals surface area contributed by atoms with Crippen LogP contribution in [-0.2, 0) is 9.52 Å². The molecular formula is C13H12BNOS. The Morgan fingerprint density at radius 1 is 0.941 bits per heavy atom. The molecule has 0 fully saturated rings. The van der Waals surface area contributed by atoms with Crippen molar-refractivity contribution in [2.45, 2.75) is 9.79 Å². The fraction of sp³-hybridized carbons (Fsp3) is 0. The summed E-state index contributed by atoms with van der Waals surface area (Å²) in [6.07, 6.45) is 0. The lowest BCUT2D eigenvalue weighted by molar-refractivity contribution is 0.681. The zero-order valence-corrected chi connectivity index (χ0v) is 10.1. The molecule has 2 N–H and O–H groups in total. The van der Waals surface area contributed by atoms with E-state index in [0.29, 0.717) is 20.9 Å². The summed E-state index contributed by atoms with van der Waals surface area (Å²) < 4.78 is 12.6. The summed E-state index contributed by atoms with van der Waals surface area (Å²) in [5, 5.41) is 0. The van der Waals surface area contributed by atoms with Gasteiger partial charge >= 0.3 is 0 Å². The van der Waals surface area contributed by atoms with Crippen molar-refractivity contribution < 1.29 is 4.21 Å². The van der Waals surface area contributed by atoms with Gasteiger partial charge in [0.05, 0.1) is 0 Å². The van der Waals surface area contributed by atoms with Gasteiger partial charge < -0.3 is 5.73 Å². The van der Waals surface area contributed by atoms with Crippen LogP contribution in [0.4, 0.5) is 5.69 Å². The average molecular weight is 241 g/mol. The lowest BCUT2D eigenvalue weighted by Gasteiger charge is -2.10. The van der Waals surface area contributed by atoms with Crippen molar-refractivity contribution in [3.63, 3.8) is 0 Å². The molecule has 84 valence electrons. The Morgan fingerprint density at radius 2 is 1.35 bits per heavy atom. The fourth-order valence-corrected chi connectivity index (χ4v) is 2.94. The van der Waals surface area contributed by atoms with Crippen LogP contribution < -0.4 is 11.2 Å². The van der Waals surface area contributed by atoms with Gasteiger partial charge in [0, 0.05) is 25.0 Å². The quantitative estimate of drug-likeness (QED) is 0.487. The van der Waals surface area contributed by atoms with Crippen molar-refractivity contribution in [2.24, 2.45) is 0 Å². The Balaban J connectivity index is 2.50.